The van der Waals surface area contributed by atoms with E-state index in [0.29, 0.717) is 0 Å². The Hall–Kier alpha value is -1.93. The van der Waals surface area contributed by atoms with Crippen LogP contribution in [0, 0.1) is 0 Å². The van der Waals surface area contributed by atoms with Gasteiger partial charge in [0.15, 0.2) is 6.29 Å². The fourth-order valence-electron chi connectivity index (χ4n) is 3.55. The highest BCUT2D eigenvalue weighted by molar-refractivity contribution is 7.14. The first-order chi connectivity index (χ1) is 13.3. The zero-order valence-corrected chi connectivity index (χ0v) is 16.3. The molecule has 0 spiro atoms. The van der Waals surface area contributed by atoms with Gasteiger partial charge < -0.3 is 24.4 Å². The number of nitrogens with zero attached hydrogens (tertiary/aromatic N) is 3. The van der Waals surface area contributed by atoms with Crippen LogP contribution in [0.1, 0.15) is 24.7 Å². The van der Waals surface area contributed by atoms with Gasteiger partial charge >= 0.3 is 0 Å². The van der Waals surface area contributed by atoms with E-state index in [4.69, 9.17) is 14.5 Å². The first kappa shape index (κ1) is 18.4. The summed E-state index contributed by atoms with van der Waals surface area (Å²) in [7, 11) is 1.50. The number of anilines is 2. The van der Waals surface area contributed by atoms with Crippen molar-refractivity contribution in [2.45, 2.75) is 19.1 Å². The first-order valence-corrected chi connectivity index (χ1v) is 10.2. The lowest BCUT2D eigenvalue weighted by Gasteiger charge is -2.29. The molecule has 1 aromatic heterocycles. The number of benzene rings is 1. The summed E-state index contributed by atoms with van der Waals surface area (Å²) in [6.07, 6.45) is 1.08. The fourth-order valence-corrected chi connectivity index (χ4v) is 4.36. The van der Waals surface area contributed by atoms with Crippen molar-refractivity contribution < 1.29 is 14.6 Å². The molecule has 6 nitrogen and oxygen atoms in total. The maximum atomic E-state index is 10.00. The monoisotopic (exact) mass is 387 g/mol. The Bertz CT molecular complexity index is 784. The van der Waals surface area contributed by atoms with E-state index < -0.39 is 6.29 Å². The molecule has 4 rings (SSSR count). The van der Waals surface area contributed by atoms with Gasteiger partial charge in [0.1, 0.15) is 10.8 Å². The topological polar surface area (TPSA) is 57.5 Å². The zero-order chi connectivity index (χ0) is 18.6. The van der Waals surface area contributed by atoms with Crippen LogP contribution >= 0.6 is 11.3 Å². The van der Waals surface area contributed by atoms with Gasteiger partial charge in [0.2, 0.25) is 0 Å². The smallest absolute Gasteiger partial charge is 0.183 e. The van der Waals surface area contributed by atoms with Gasteiger partial charge in [-0.3, -0.25) is 0 Å². The van der Waals surface area contributed by atoms with Gasteiger partial charge in [-0.1, -0.05) is 0 Å². The average molecular weight is 388 g/mol. The molecule has 2 fully saturated rings. The third-order valence-corrected chi connectivity index (χ3v) is 5.85. The minimum Gasteiger partial charge on any atom is -0.378 e. The molecule has 0 bridgehead atoms. The van der Waals surface area contributed by atoms with Crippen molar-refractivity contribution in [3.63, 3.8) is 0 Å². The van der Waals surface area contributed by atoms with Crippen LogP contribution in [0.2, 0.25) is 0 Å². The Labute approximate surface area is 163 Å². The normalized spacial score (nSPS) is 20.4. The predicted molar refractivity (Wildman–Crippen MR) is 109 cm³/mol. The van der Waals surface area contributed by atoms with Crippen molar-refractivity contribution in [1.82, 2.24) is 0 Å². The summed E-state index contributed by atoms with van der Waals surface area (Å²) in [5.74, 6) is 1.04. The van der Waals surface area contributed by atoms with Gasteiger partial charge in [-0.15, -0.1) is 11.3 Å². The minimum atomic E-state index is -0.932. The lowest BCUT2D eigenvalue weighted by Crippen LogP contribution is -2.36. The second-order valence-electron chi connectivity index (χ2n) is 6.67. The maximum absolute atomic E-state index is 10.00. The van der Waals surface area contributed by atoms with E-state index in [1.54, 1.807) is 0 Å². The molecule has 2 aromatic rings. The second kappa shape index (κ2) is 8.39. The summed E-state index contributed by atoms with van der Waals surface area (Å²) in [4.78, 5) is 9.48. The minimum absolute atomic E-state index is 0.726. The highest BCUT2D eigenvalue weighted by Crippen LogP contribution is 2.34. The van der Waals surface area contributed by atoms with Gasteiger partial charge in [-0.2, -0.15) is 0 Å². The zero-order valence-electron chi connectivity index (χ0n) is 15.5. The lowest BCUT2D eigenvalue weighted by atomic mass is 10.2. The molecule has 2 aliphatic heterocycles. The van der Waals surface area contributed by atoms with Crippen LogP contribution < -0.4 is 9.80 Å². The highest BCUT2D eigenvalue weighted by Gasteiger charge is 2.22. The average Bonchev–Trinajstić information content (AvgIpc) is 3.38. The summed E-state index contributed by atoms with van der Waals surface area (Å²) in [5.41, 5.74) is 3.13. The second-order valence-corrected chi connectivity index (χ2v) is 7.56. The third-order valence-electron chi connectivity index (χ3n) is 5.03. The van der Waals surface area contributed by atoms with E-state index in [0.717, 1.165) is 67.8 Å². The number of ether oxygens (including phenoxy) is 2. The SMILES string of the molecule is COC(O)c1ccsc1/N=C1\CCCN1c1ccc(N2CCOCC2)cc1. The standard InChI is InChI=1S/C20H25N3O3S/c1-25-20(24)17-8-14-27-19(17)21-18-3-2-9-23(18)16-6-4-15(5-7-16)22-10-12-26-13-11-22/h4-8,14,20,24H,2-3,9-13H2,1H3/b21-18+. The van der Waals surface area contributed by atoms with E-state index >= 15 is 0 Å². The lowest BCUT2D eigenvalue weighted by molar-refractivity contribution is -0.0762. The molecule has 1 unspecified atom stereocenters. The van der Waals surface area contributed by atoms with Gasteiger partial charge in [-0.25, -0.2) is 4.99 Å². The van der Waals surface area contributed by atoms with Crippen LogP contribution in [-0.4, -0.2) is 50.9 Å². The molecule has 1 N–H and O–H groups in total. The van der Waals surface area contributed by atoms with Crippen molar-refractivity contribution in [2.24, 2.45) is 4.99 Å². The molecule has 2 saturated heterocycles. The molecular weight excluding hydrogens is 362 g/mol. The Morgan fingerprint density at radius 3 is 2.59 bits per heavy atom. The van der Waals surface area contributed by atoms with Crippen LogP contribution in [0.25, 0.3) is 0 Å². The number of thiophene rings is 1. The molecule has 3 heterocycles. The molecule has 27 heavy (non-hydrogen) atoms. The maximum Gasteiger partial charge on any atom is 0.183 e. The Morgan fingerprint density at radius 2 is 1.85 bits per heavy atom. The van der Waals surface area contributed by atoms with Gasteiger partial charge in [0.05, 0.1) is 13.2 Å². The molecule has 1 aromatic carbocycles. The van der Waals surface area contributed by atoms with Crippen molar-refractivity contribution in [3.05, 3.63) is 41.3 Å². The van der Waals surface area contributed by atoms with Gasteiger partial charge in [0, 0.05) is 50.1 Å². The quantitative estimate of drug-likeness (QED) is 0.795. The van der Waals surface area contributed by atoms with Crippen LogP contribution in [-0.2, 0) is 9.47 Å². The van der Waals surface area contributed by atoms with E-state index in [2.05, 4.69) is 34.1 Å². The summed E-state index contributed by atoms with van der Waals surface area (Å²) < 4.78 is 10.5. The number of hydrogen-bond donors (Lipinski definition) is 1. The van der Waals surface area contributed by atoms with Gasteiger partial charge in [-0.05, 0) is 42.1 Å². The van der Waals surface area contributed by atoms with E-state index in [9.17, 15) is 5.11 Å². The molecule has 1 atom stereocenters. The molecular formula is C20H25N3O3S. The molecule has 0 amide bonds. The molecule has 0 radical (unpaired) electrons. The molecule has 7 heteroatoms. The molecule has 2 aliphatic rings. The third kappa shape index (κ3) is 4.01. The number of morpholine rings is 1. The van der Waals surface area contributed by atoms with E-state index in [1.807, 2.05) is 11.4 Å². The number of methoxy groups -OCH3 is 1. The van der Waals surface area contributed by atoms with E-state index in [1.165, 1.54) is 24.1 Å². The number of amidine groups is 1. The van der Waals surface area contributed by atoms with Crippen molar-refractivity contribution in [1.29, 1.82) is 0 Å². The number of aliphatic hydroxyl groups excluding tert-OH is 1. The number of aliphatic imine (C=N–C) groups is 1. The summed E-state index contributed by atoms with van der Waals surface area (Å²) >= 11 is 1.53. The summed E-state index contributed by atoms with van der Waals surface area (Å²) in [6.45, 7) is 4.43. The largest absolute Gasteiger partial charge is 0.378 e. The molecule has 144 valence electrons. The van der Waals surface area contributed by atoms with Crippen molar-refractivity contribution in [2.75, 3.05) is 49.8 Å². The summed E-state index contributed by atoms with van der Waals surface area (Å²) in [6, 6.07) is 10.6. The highest BCUT2D eigenvalue weighted by atomic mass is 32.1. The number of aliphatic hydroxyl groups is 1. The Morgan fingerprint density at radius 1 is 1.11 bits per heavy atom. The van der Waals surface area contributed by atoms with Crippen LogP contribution in [0.3, 0.4) is 0 Å². The summed E-state index contributed by atoms with van der Waals surface area (Å²) in [5, 5.41) is 12.8. The van der Waals surface area contributed by atoms with Crippen LogP contribution in [0.5, 0.6) is 0 Å². The predicted octanol–water partition coefficient (Wildman–Crippen LogP) is 3.55. The van der Waals surface area contributed by atoms with Gasteiger partial charge in [0.25, 0.3) is 0 Å². The van der Waals surface area contributed by atoms with E-state index in [-0.39, 0.29) is 0 Å². The molecule has 0 aliphatic carbocycles. The van der Waals surface area contributed by atoms with Crippen molar-refractivity contribution in [3.8, 4) is 0 Å². The number of hydrogen-bond acceptors (Lipinski definition) is 6. The fraction of sp³-hybridized carbons (Fsp3) is 0.450. The number of rotatable bonds is 5. The van der Waals surface area contributed by atoms with Crippen LogP contribution in [0.4, 0.5) is 16.4 Å². The Kier molecular flexibility index (Phi) is 5.73. The van der Waals surface area contributed by atoms with Crippen molar-refractivity contribution >= 4 is 33.5 Å². The van der Waals surface area contributed by atoms with Crippen LogP contribution in [0.15, 0.2) is 40.7 Å². The Balaban J connectivity index is 1.54. The first-order valence-electron chi connectivity index (χ1n) is 9.32. The molecule has 0 saturated carbocycles.